The van der Waals surface area contributed by atoms with Gasteiger partial charge in [-0.3, -0.25) is 0 Å². The summed E-state index contributed by atoms with van der Waals surface area (Å²) in [4.78, 5) is 2.70. The second-order valence-corrected chi connectivity index (χ2v) is 5.32. The molecule has 1 unspecified atom stereocenters. The number of rotatable bonds is 5. The second-order valence-electron chi connectivity index (χ2n) is 5.32. The summed E-state index contributed by atoms with van der Waals surface area (Å²) in [6, 6.07) is 1.66. The molecular weight excluding hydrogens is 184 g/mol. The van der Waals surface area contributed by atoms with Crippen LogP contribution in [-0.4, -0.2) is 36.6 Å². The third kappa shape index (κ3) is 4.12. The van der Waals surface area contributed by atoms with Crippen LogP contribution in [0, 0.1) is 0 Å². The van der Waals surface area contributed by atoms with Crippen LogP contribution in [0.2, 0.25) is 0 Å². The summed E-state index contributed by atoms with van der Waals surface area (Å²) in [5.41, 5.74) is 0. The first-order valence-electron chi connectivity index (χ1n) is 6.83. The third-order valence-electron chi connectivity index (χ3n) is 3.84. The number of nitrogens with one attached hydrogen (secondary N) is 1. The van der Waals surface area contributed by atoms with Gasteiger partial charge in [0, 0.05) is 12.1 Å². The van der Waals surface area contributed by atoms with Crippen molar-refractivity contribution in [3.8, 4) is 0 Å². The fourth-order valence-electron chi connectivity index (χ4n) is 2.50. The zero-order valence-corrected chi connectivity index (χ0v) is 10.2. The largest absolute Gasteiger partial charge is 0.314 e. The quantitative estimate of drug-likeness (QED) is 0.749. The molecule has 0 spiro atoms. The lowest BCUT2D eigenvalue weighted by molar-refractivity contribution is 0.206. The van der Waals surface area contributed by atoms with Gasteiger partial charge in [-0.15, -0.1) is 0 Å². The zero-order valence-electron chi connectivity index (χ0n) is 10.2. The van der Waals surface area contributed by atoms with Crippen LogP contribution in [0.4, 0.5) is 0 Å². The fraction of sp³-hybridized carbons (Fsp3) is 1.00. The highest BCUT2D eigenvalue weighted by Gasteiger charge is 2.21. The molecule has 2 nitrogen and oxygen atoms in total. The second kappa shape index (κ2) is 5.86. The first-order valence-corrected chi connectivity index (χ1v) is 6.83. The van der Waals surface area contributed by atoms with Gasteiger partial charge in [0.15, 0.2) is 0 Å². The van der Waals surface area contributed by atoms with Crippen molar-refractivity contribution in [2.45, 2.75) is 64.0 Å². The predicted molar refractivity (Wildman–Crippen MR) is 65.1 cm³/mol. The average molecular weight is 210 g/mol. The first-order chi connectivity index (χ1) is 7.36. The van der Waals surface area contributed by atoms with E-state index in [0.717, 1.165) is 12.1 Å². The smallest absolute Gasteiger partial charge is 0.00790 e. The van der Waals surface area contributed by atoms with Crippen molar-refractivity contribution < 1.29 is 0 Å². The Bertz CT molecular complexity index is 169. The van der Waals surface area contributed by atoms with Crippen LogP contribution in [-0.2, 0) is 0 Å². The van der Waals surface area contributed by atoms with Crippen LogP contribution < -0.4 is 5.32 Å². The van der Waals surface area contributed by atoms with Gasteiger partial charge in [-0.1, -0.05) is 12.8 Å². The van der Waals surface area contributed by atoms with Crippen LogP contribution in [0.25, 0.3) is 0 Å². The van der Waals surface area contributed by atoms with Crippen molar-refractivity contribution in [1.82, 2.24) is 10.2 Å². The Morgan fingerprint density at radius 3 is 2.40 bits per heavy atom. The summed E-state index contributed by atoms with van der Waals surface area (Å²) in [7, 11) is 0. The van der Waals surface area contributed by atoms with E-state index in [-0.39, 0.29) is 0 Å². The van der Waals surface area contributed by atoms with Crippen molar-refractivity contribution in [1.29, 1.82) is 0 Å². The molecule has 0 aromatic heterocycles. The molecule has 0 bridgehead atoms. The van der Waals surface area contributed by atoms with Crippen LogP contribution in [0.15, 0.2) is 0 Å². The minimum absolute atomic E-state index is 0.786. The van der Waals surface area contributed by atoms with E-state index in [1.807, 2.05) is 0 Å². The van der Waals surface area contributed by atoms with E-state index in [1.54, 1.807) is 0 Å². The minimum atomic E-state index is 0.786. The summed E-state index contributed by atoms with van der Waals surface area (Å²) in [5.74, 6) is 0. The summed E-state index contributed by atoms with van der Waals surface area (Å²) in [6.45, 7) is 6.30. The molecule has 1 saturated heterocycles. The van der Waals surface area contributed by atoms with Gasteiger partial charge in [0.25, 0.3) is 0 Å². The molecule has 2 rings (SSSR count). The molecule has 0 aromatic rings. The molecule has 2 aliphatic rings. The van der Waals surface area contributed by atoms with E-state index in [4.69, 9.17) is 0 Å². The molecule has 1 N–H and O–H groups in total. The van der Waals surface area contributed by atoms with Gasteiger partial charge in [-0.2, -0.15) is 0 Å². The van der Waals surface area contributed by atoms with Crippen LogP contribution in [0.1, 0.15) is 51.9 Å². The molecule has 0 aromatic carbocycles. The van der Waals surface area contributed by atoms with E-state index >= 15 is 0 Å². The molecule has 1 heterocycles. The van der Waals surface area contributed by atoms with E-state index in [9.17, 15) is 0 Å². The van der Waals surface area contributed by atoms with Crippen molar-refractivity contribution in [3.05, 3.63) is 0 Å². The number of hydrogen-bond acceptors (Lipinski definition) is 2. The van der Waals surface area contributed by atoms with E-state index in [2.05, 4.69) is 17.1 Å². The van der Waals surface area contributed by atoms with Crippen LogP contribution in [0.3, 0.4) is 0 Å². The highest BCUT2D eigenvalue weighted by molar-refractivity contribution is 4.81. The summed E-state index contributed by atoms with van der Waals surface area (Å²) < 4.78 is 0. The van der Waals surface area contributed by atoms with E-state index in [1.165, 1.54) is 64.6 Å². The molecule has 15 heavy (non-hydrogen) atoms. The summed E-state index contributed by atoms with van der Waals surface area (Å²) in [5, 5.41) is 3.62. The Morgan fingerprint density at radius 2 is 1.80 bits per heavy atom. The molecule has 2 heteroatoms. The molecular formula is C13H26N2. The van der Waals surface area contributed by atoms with Gasteiger partial charge in [0.05, 0.1) is 0 Å². The fourth-order valence-corrected chi connectivity index (χ4v) is 2.50. The molecule has 2 fully saturated rings. The maximum atomic E-state index is 3.62. The highest BCUT2D eigenvalue weighted by Crippen LogP contribution is 2.19. The SMILES string of the molecule is CC(CCNC1CC1)N1CCCCCC1. The van der Waals surface area contributed by atoms with Crippen molar-refractivity contribution >= 4 is 0 Å². The maximum absolute atomic E-state index is 3.62. The van der Waals surface area contributed by atoms with Gasteiger partial charge in [0.1, 0.15) is 0 Å². The molecule has 1 saturated carbocycles. The van der Waals surface area contributed by atoms with Crippen molar-refractivity contribution in [3.63, 3.8) is 0 Å². The Morgan fingerprint density at radius 1 is 1.13 bits per heavy atom. The lowest BCUT2D eigenvalue weighted by atomic mass is 10.2. The molecule has 0 amide bonds. The normalized spacial score (nSPS) is 26.2. The van der Waals surface area contributed by atoms with Gasteiger partial charge in [0.2, 0.25) is 0 Å². The van der Waals surface area contributed by atoms with E-state index in [0.29, 0.717) is 0 Å². The molecule has 1 aliphatic carbocycles. The van der Waals surface area contributed by atoms with Crippen LogP contribution >= 0.6 is 0 Å². The standard InChI is InChI=1S/C13H26N2/c1-12(8-9-14-13-6-7-13)15-10-4-2-3-5-11-15/h12-14H,2-11H2,1H3. The lowest BCUT2D eigenvalue weighted by Crippen LogP contribution is -2.36. The zero-order chi connectivity index (χ0) is 10.5. The van der Waals surface area contributed by atoms with Gasteiger partial charge < -0.3 is 10.2 Å². The monoisotopic (exact) mass is 210 g/mol. The number of likely N-dealkylation sites (tertiary alicyclic amines) is 1. The molecule has 88 valence electrons. The molecule has 0 radical (unpaired) electrons. The highest BCUT2D eigenvalue weighted by atomic mass is 15.1. The van der Waals surface area contributed by atoms with Crippen LogP contribution in [0.5, 0.6) is 0 Å². The van der Waals surface area contributed by atoms with Gasteiger partial charge in [-0.25, -0.2) is 0 Å². The van der Waals surface area contributed by atoms with E-state index < -0.39 is 0 Å². The number of nitrogens with zero attached hydrogens (tertiary/aromatic N) is 1. The number of hydrogen-bond donors (Lipinski definition) is 1. The Kier molecular flexibility index (Phi) is 4.45. The summed E-state index contributed by atoms with van der Waals surface area (Å²) >= 11 is 0. The molecule has 1 atom stereocenters. The predicted octanol–water partition coefficient (Wildman–Crippen LogP) is 2.39. The maximum Gasteiger partial charge on any atom is 0.00790 e. The Hall–Kier alpha value is -0.0800. The van der Waals surface area contributed by atoms with Gasteiger partial charge in [-0.05, 0) is 58.7 Å². The minimum Gasteiger partial charge on any atom is -0.314 e. The Balaban J connectivity index is 1.61. The molecule has 1 aliphatic heterocycles. The average Bonchev–Trinajstić information content (AvgIpc) is 3.04. The Labute approximate surface area is 94.4 Å². The van der Waals surface area contributed by atoms with Gasteiger partial charge >= 0.3 is 0 Å². The summed E-state index contributed by atoms with van der Waals surface area (Å²) in [6.07, 6.45) is 9.89. The van der Waals surface area contributed by atoms with Crippen molar-refractivity contribution in [2.24, 2.45) is 0 Å². The first kappa shape index (κ1) is 11.4. The lowest BCUT2D eigenvalue weighted by Gasteiger charge is -2.27. The topological polar surface area (TPSA) is 15.3 Å². The third-order valence-corrected chi connectivity index (χ3v) is 3.84. The van der Waals surface area contributed by atoms with Crippen molar-refractivity contribution in [2.75, 3.05) is 19.6 Å².